The standard InChI is InChI=1S/C29H22Cl2F3N5O3/c1-15(16-6-10-18(11-7-16)29(32,33)34)35-27(41)24-20(14-22-26(40)37-28(42)36-22)25(17-8-12-19(30)13-9-17)39(38-24)23-5-3-2-4-21(23)31/h2-13,15,22H,14H2,1H3,(H,35,41)(H2,36,37,40,42)/t15-,22?/m1/s1. The Morgan fingerprint density at radius 3 is 2.29 bits per heavy atom. The number of nitrogens with one attached hydrogen (secondary N) is 3. The number of nitrogens with zero attached hydrogens (tertiary/aromatic N) is 2. The Balaban J connectivity index is 1.61. The van der Waals surface area contributed by atoms with Crippen LogP contribution in [-0.4, -0.2) is 33.7 Å². The first-order chi connectivity index (χ1) is 19.9. The third-order valence-corrected chi connectivity index (χ3v) is 7.32. The van der Waals surface area contributed by atoms with Crippen molar-refractivity contribution < 1.29 is 27.6 Å². The van der Waals surface area contributed by atoms with Crippen LogP contribution in [-0.2, 0) is 17.4 Å². The van der Waals surface area contributed by atoms with Gasteiger partial charge in [-0.05, 0) is 48.9 Å². The summed E-state index contributed by atoms with van der Waals surface area (Å²) >= 11 is 12.7. The van der Waals surface area contributed by atoms with Crippen molar-refractivity contribution in [3.05, 3.63) is 105 Å². The number of rotatable bonds is 7. The van der Waals surface area contributed by atoms with E-state index in [1.165, 1.54) is 16.8 Å². The number of imide groups is 1. The third-order valence-electron chi connectivity index (χ3n) is 6.75. The summed E-state index contributed by atoms with van der Waals surface area (Å²) in [7, 11) is 0. The van der Waals surface area contributed by atoms with Gasteiger partial charge in [0.1, 0.15) is 6.04 Å². The Morgan fingerprint density at radius 2 is 1.69 bits per heavy atom. The number of aromatic nitrogens is 2. The van der Waals surface area contributed by atoms with Crippen LogP contribution >= 0.6 is 23.2 Å². The topological polar surface area (TPSA) is 105 Å². The van der Waals surface area contributed by atoms with E-state index in [0.717, 1.165) is 12.1 Å². The molecule has 8 nitrogen and oxygen atoms in total. The average Bonchev–Trinajstić information content (AvgIpc) is 3.47. The van der Waals surface area contributed by atoms with Crippen molar-refractivity contribution >= 4 is 41.0 Å². The van der Waals surface area contributed by atoms with Crippen molar-refractivity contribution in [1.82, 2.24) is 25.7 Å². The number of benzene rings is 3. The van der Waals surface area contributed by atoms with Gasteiger partial charge < -0.3 is 10.6 Å². The number of alkyl halides is 3. The zero-order chi connectivity index (χ0) is 30.2. The quantitative estimate of drug-likeness (QED) is 0.218. The molecule has 3 N–H and O–H groups in total. The smallest absolute Gasteiger partial charge is 0.344 e. The van der Waals surface area contributed by atoms with Gasteiger partial charge in [0.15, 0.2) is 5.69 Å². The Labute approximate surface area is 247 Å². The van der Waals surface area contributed by atoms with Crippen LogP contribution in [0, 0.1) is 0 Å². The Morgan fingerprint density at radius 1 is 1.02 bits per heavy atom. The predicted octanol–water partition coefficient (Wildman–Crippen LogP) is 6.11. The molecule has 0 radical (unpaired) electrons. The molecule has 0 saturated carbocycles. The van der Waals surface area contributed by atoms with Crippen LogP contribution in [0.4, 0.5) is 18.0 Å². The molecule has 4 aromatic rings. The monoisotopic (exact) mass is 615 g/mol. The van der Waals surface area contributed by atoms with Crippen molar-refractivity contribution in [3.8, 4) is 16.9 Å². The zero-order valence-corrected chi connectivity index (χ0v) is 23.3. The van der Waals surface area contributed by atoms with Gasteiger partial charge in [-0.1, -0.05) is 59.6 Å². The zero-order valence-electron chi connectivity index (χ0n) is 21.8. The van der Waals surface area contributed by atoms with Crippen molar-refractivity contribution in [2.75, 3.05) is 0 Å². The fourth-order valence-electron chi connectivity index (χ4n) is 4.64. The number of hydrogen-bond donors (Lipinski definition) is 3. The second-order valence-corrected chi connectivity index (χ2v) is 10.4. The maximum absolute atomic E-state index is 13.8. The van der Waals surface area contributed by atoms with Crippen LogP contribution in [0.5, 0.6) is 0 Å². The Bertz CT molecular complexity index is 1670. The largest absolute Gasteiger partial charge is 0.416 e. The van der Waals surface area contributed by atoms with Gasteiger partial charge in [0.05, 0.1) is 28.0 Å². The van der Waals surface area contributed by atoms with Gasteiger partial charge in [0.25, 0.3) is 11.8 Å². The molecule has 13 heteroatoms. The summed E-state index contributed by atoms with van der Waals surface area (Å²) in [4.78, 5) is 38.1. The third kappa shape index (κ3) is 5.97. The first-order valence-electron chi connectivity index (χ1n) is 12.6. The summed E-state index contributed by atoms with van der Waals surface area (Å²) in [6, 6.07) is 15.7. The molecular weight excluding hydrogens is 594 g/mol. The number of para-hydroxylation sites is 1. The molecule has 0 aliphatic carbocycles. The van der Waals surface area contributed by atoms with E-state index >= 15 is 0 Å². The molecule has 216 valence electrons. The summed E-state index contributed by atoms with van der Waals surface area (Å²) in [5, 5.41) is 12.9. The first kappa shape index (κ1) is 29.2. The molecule has 1 fully saturated rings. The lowest BCUT2D eigenvalue weighted by Crippen LogP contribution is -2.33. The van der Waals surface area contributed by atoms with Gasteiger partial charge in [-0.2, -0.15) is 18.3 Å². The molecule has 0 bridgehead atoms. The summed E-state index contributed by atoms with van der Waals surface area (Å²) in [6.45, 7) is 1.62. The predicted molar refractivity (Wildman–Crippen MR) is 151 cm³/mol. The molecule has 1 saturated heterocycles. The molecule has 2 heterocycles. The minimum atomic E-state index is -4.49. The van der Waals surface area contributed by atoms with E-state index in [4.69, 9.17) is 23.2 Å². The van der Waals surface area contributed by atoms with E-state index in [-0.39, 0.29) is 12.1 Å². The molecule has 1 aliphatic rings. The second kappa shape index (κ2) is 11.5. The van der Waals surface area contributed by atoms with E-state index < -0.39 is 41.7 Å². The minimum absolute atomic E-state index is 0.0624. The van der Waals surface area contributed by atoms with Crippen molar-refractivity contribution in [1.29, 1.82) is 0 Å². The van der Waals surface area contributed by atoms with E-state index in [1.54, 1.807) is 55.5 Å². The number of carbonyl (C=O) groups is 3. The van der Waals surface area contributed by atoms with Crippen LogP contribution in [0.3, 0.4) is 0 Å². The molecule has 2 atom stereocenters. The molecule has 1 aliphatic heterocycles. The van der Waals surface area contributed by atoms with Gasteiger partial charge in [0.2, 0.25) is 0 Å². The van der Waals surface area contributed by atoms with Crippen LogP contribution in [0.2, 0.25) is 10.0 Å². The highest BCUT2D eigenvalue weighted by Gasteiger charge is 2.35. The summed E-state index contributed by atoms with van der Waals surface area (Å²) in [6.07, 6.45) is -4.59. The Kier molecular flexibility index (Phi) is 7.98. The fourth-order valence-corrected chi connectivity index (χ4v) is 4.99. The maximum atomic E-state index is 13.8. The Hall–Kier alpha value is -4.35. The van der Waals surface area contributed by atoms with Crippen molar-refractivity contribution in [2.24, 2.45) is 0 Å². The van der Waals surface area contributed by atoms with Gasteiger partial charge in [-0.3, -0.25) is 14.9 Å². The van der Waals surface area contributed by atoms with Crippen LogP contribution in [0.15, 0.2) is 72.8 Å². The molecular formula is C29H22Cl2F3N5O3. The van der Waals surface area contributed by atoms with Crippen LogP contribution in [0.1, 0.15) is 40.1 Å². The second-order valence-electron chi connectivity index (χ2n) is 9.58. The van der Waals surface area contributed by atoms with E-state index in [9.17, 15) is 27.6 Å². The number of halogens is 5. The highest BCUT2D eigenvalue weighted by molar-refractivity contribution is 6.32. The van der Waals surface area contributed by atoms with Crippen molar-refractivity contribution in [2.45, 2.75) is 31.6 Å². The lowest BCUT2D eigenvalue weighted by atomic mass is 9.98. The average molecular weight is 616 g/mol. The maximum Gasteiger partial charge on any atom is 0.416 e. The van der Waals surface area contributed by atoms with E-state index in [1.807, 2.05) is 0 Å². The molecule has 4 amide bonds. The summed E-state index contributed by atoms with van der Waals surface area (Å²) < 4.78 is 40.6. The lowest BCUT2D eigenvalue weighted by Gasteiger charge is -2.16. The molecule has 0 spiro atoms. The molecule has 5 rings (SSSR count). The molecule has 3 aromatic carbocycles. The van der Waals surface area contributed by atoms with Gasteiger partial charge >= 0.3 is 12.2 Å². The van der Waals surface area contributed by atoms with Crippen LogP contribution < -0.4 is 16.0 Å². The number of hydrogen-bond acceptors (Lipinski definition) is 4. The van der Waals surface area contributed by atoms with E-state index in [0.29, 0.717) is 38.1 Å². The highest BCUT2D eigenvalue weighted by Crippen LogP contribution is 2.34. The summed E-state index contributed by atoms with van der Waals surface area (Å²) in [5.41, 5.74) is 1.37. The van der Waals surface area contributed by atoms with Gasteiger partial charge in [-0.25, -0.2) is 9.48 Å². The minimum Gasteiger partial charge on any atom is -0.344 e. The van der Waals surface area contributed by atoms with E-state index in [2.05, 4.69) is 21.0 Å². The van der Waals surface area contributed by atoms with Gasteiger partial charge in [-0.15, -0.1) is 0 Å². The fraction of sp³-hybridized carbons (Fsp3) is 0.172. The molecule has 1 aromatic heterocycles. The van der Waals surface area contributed by atoms with Crippen LogP contribution in [0.25, 0.3) is 16.9 Å². The summed E-state index contributed by atoms with van der Waals surface area (Å²) in [5.74, 6) is -1.22. The highest BCUT2D eigenvalue weighted by atomic mass is 35.5. The SMILES string of the molecule is C[C@@H](NC(=O)c1nn(-c2ccccc2Cl)c(-c2ccc(Cl)cc2)c1CC1NC(=O)NC1=O)c1ccc(C(F)(F)F)cc1. The normalized spacial score (nSPS) is 15.7. The van der Waals surface area contributed by atoms with Gasteiger partial charge in [0, 0.05) is 22.6 Å². The lowest BCUT2D eigenvalue weighted by molar-refractivity contribution is -0.137. The number of amides is 4. The molecule has 42 heavy (non-hydrogen) atoms. The first-order valence-corrected chi connectivity index (χ1v) is 13.4. The number of carbonyl (C=O) groups excluding carboxylic acids is 3. The molecule has 1 unspecified atom stereocenters. The van der Waals surface area contributed by atoms with Crippen molar-refractivity contribution in [3.63, 3.8) is 0 Å². The number of urea groups is 1.